The number of thiophene rings is 1. The van der Waals surface area contributed by atoms with E-state index in [0.717, 1.165) is 19.3 Å². The van der Waals surface area contributed by atoms with E-state index in [1.807, 2.05) is 17.6 Å². The molecule has 0 spiro atoms. The van der Waals surface area contributed by atoms with E-state index in [1.165, 1.54) is 4.88 Å². The Labute approximate surface area is 76.7 Å². The van der Waals surface area contributed by atoms with E-state index in [4.69, 9.17) is 4.74 Å². The van der Waals surface area contributed by atoms with E-state index in [-0.39, 0.29) is 0 Å². The van der Waals surface area contributed by atoms with Crippen LogP contribution in [0.25, 0.3) is 0 Å². The Morgan fingerprint density at radius 1 is 1.58 bits per heavy atom. The first kappa shape index (κ1) is 7.87. The van der Waals surface area contributed by atoms with Crippen LogP contribution in [0.5, 0.6) is 0 Å². The van der Waals surface area contributed by atoms with Crippen molar-refractivity contribution in [3.05, 3.63) is 34.7 Å². The summed E-state index contributed by atoms with van der Waals surface area (Å²) in [6.07, 6.45) is 7.73. The SMILES string of the molecule is C1=COC(Cc2cccs2)CC1. The molecule has 1 atom stereocenters. The number of hydrogen-bond acceptors (Lipinski definition) is 2. The molecule has 1 nitrogen and oxygen atoms in total. The van der Waals surface area contributed by atoms with Gasteiger partial charge in [-0.2, -0.15) is 0 Å². The van der Waals surface area contributed by atoms with Crippen molar-refractivity contribution < 1.29 is 4.74 Å². The van der Waals surface area contributed by atoms with Gasteiger partial charge in [-0.1, -0.05) is 6.07 Å². The fourth-order valence-electron chi connectivity index (χ4n) is 1.39. The quantitative estimate of drug-likeness (QED) is 0.680. The molecule has 2 heterocycles. The largest absolute Gasteiger partial charge is 0.498 e. The van der Waals surface area contributed by atoms with E-state index in [9.17, 15) is 0 Å². The first-order valence-electron chi connectivity index (χ1n) is 4.28. The summed E-state index contributed by atoms with van der Waals surface area (Å²) in [7, 11) is 0. The molecule has 1 aromatic rings. The van der Waals surface area contributed by atoms with Gasteiger partial charge in [0.2, 0.25) is 0 Å². The van der Waals surface area contributed by atoms with Gasteiger partial charge < -0.3 is 4.74 Å². The summed E-state index contributed by atoms with van der Waals surface area (Å²) >= 11 is 1.81. The summed E-state index contributed by atoms with van der Waals surface area (Å²) in [5.74, 6) is 0. The van der Waals surface area contributed by atoms with Crippen LogP contribution < -0.4 is 0 Å². The maximum atomic E-state index is 5.48. The maximum absolute atomic E-state index is 5.48. The Morgan fingerprint density at radius 2 is 2.58 bits per heavy atom. The highest BCUT2D eigenvalue weighted by molar-refractivity contribution is 7.09. The van der Waals surface area contributed by atoms with Gasteiger partial charge in [-0.3, -0.25) is 0 Å². The number of ether oxygens (including phenoxy) is 1. The molecule has 0 bridgehead atoms. The summed E-state index contributed by atoms with van der Waals surface area (Å²) in [6, 6.07) is 4.27. The minimum Gasteiger partial charge on any atom is -0.498 e. The van der Waals surface area contributed by atoms with Gasteiger partial charge in [0, 0.05) is 11.3 Å². The molecule has 0 aliphatic carbocycles. The summed E-state index contributed by atoms with van der Waals surface area (Å²) in [4.78, 5) is 1.43. The van der Waals surface area contributed by atoms with Gasteiger partial charge >= 0.3 is 0 Å². The molecule has 0 amide bonds. The minimum absolute atomic E-state index is 0.411. The molecule has 12 heavy (non-hydrogen) atoms. The molecule has 1 aromatic heterocycles. The predicted octanol–water partition coefficient (Wildman–Crippen LogP) is 2.98. The lowest BCUT2D eigenvalue weighted by atomic mass is 10.1. The molecular formula is C10H12OS. The molecule has 0 fully saturated rings. The van der Waals surface area contributed by atoms with Crippen molar-refractivity contribution in [2.24, 2.45) is 0 Å². The van der Waals surface area contributed by atoms with Gasteiger partial charge in [-0.15, -0.1) is 11.3 Å². The third-order valence-electron chi connectivity index (χ3n) is 2.03. The molecule has 1 unspecified atom stereocenters. The summed E-state index contributed by atoms with van der Waals surface area (Å²) in [6.45, 7) is 0. The zero-order valence-electron chi connectivity index (χ0n) is 6.90. The Balaban J connectivity index is 1.91. The smallest absolute Gasteiger partial charge is 0.103 e. The molecule has 0 radical (unpaired) electrons. The summed E-state index contributed by atoms with van der Waals surface area (Å²) in [5, 5.41) is 2.12. The predicted molar refractivity (Wildman–Crippen MR) is 51.3 cm³/mol. The second kappa shape index (κ2) is 3.76. The van der Waals surface area contributed by atoms with Gasteiger partial charge in [-0.05, 0) is 30.4 Å². The van der Waals surface area contributed by atoms with Crippen molar-refractivity contribution in [3.8, 4) is 0 Å². The van der Waals surface area contributed by atoms with Crippen molar-refractivity contribution in [3.63, 3.8) is 0 Å². The van der Waals surface area contributed by atoms with E-state index < -0.39 is 0 Å². The zero-order chi connectivity index (χ0) is 8.23. The normalized spacial score (nSPS) is 22.2. The van der Waals surface area contributed by atoms with E-state index >= 15 is 0 Å². The second-order valence-corrected chi connectivity index (χ2v) is 4.02. The van der Waals surface area contributed by atoms with Crippen LogP contribution in [0.2, 0.25) is 0 Å². The summed E-state index contributed by atoms with van der Waals surface area (Å²) < 4.78 is 5.48. The van der Waals surface area contributed by atoms with Crippen molar-refractivity contribution in [2.75, 3.05) is 0 Å². The van der Waals surface area contributed by atoms with Crippen LogP contribution in [-0.2, 0) is 11.2 Å². The number of hydrogen-bond donors (Lipinski definition) is 0. The standard InChI is InChI=1S/C10H12OS/c1-2-6-11-9(4-1)8-10-5-3-7-12-10/h2-3,5-7,9H,1,4,8H2. The Hall–Kier alpha value is -0.760. The molecule has 64 valence electrons. The molecular weight excluding hydrogens is 168 g/mol. The molecule has 1 aliphatic heterocycles. The maximum Gasteiger partial charge on any atom is 0.103 e. The van der Waals surface area contributed by atoms with Crippen LogP contribution in [0.4, 0.5) is 0 Å². The zero-order valence-corrected chi connectivity index (χ0v) is 7.72. The van der Waals surface area contributed by atoms with Crippen molar-refractivity contribution in [1.82, 2.24) is 0 Å². The fraction of sp³-hybridized carbons (Fsp3) is 0.400. The van der Waals surface area contributed by atoms with Gasteiger partial charge in [0.25, 0.3) is 0 Å². The molecule has 0 saturated carbocycles. The van der Waals surface area contributed by atoms with Gasteiger partial charge in [0.1, 0.15) is 6.10 Å². The highest BCUT2D eigenvalue weighted by atomic mass is 32.1. The number of allylic oxidation sites excluding steroid dienone is 1. The molecule has 0 aromatic carbocycles. The van der Waals surface area contributed by atoms with E-state index in [0.29, 0.717) is 6.10 Å². The molecule has 2 rings (SSSR count). The highest BCUT2D eigenvalue weighted by Gasteiger charge is 2.11. The Kier molecular flexibility index (Phi) is 2.47. The first-order chi connectivity index (χ1) is 5.95. The van der Waals surface area contributed by atoms with E-state index in [2.05, 4.69) is 23.6 Å². The summed E-state index contributed by atoms with van der Waals surface area (Å²) in [5.41, 5.74) is 0. The van der Waals surface area contributed by atoms with Crippen LogP contribution in [0, 0.1) is 0 Å². The van der Waals surface area contributed by atoms with Crippen LogP contribution >= 0.6 is 11.3 Å². The minimum atomic E-state index is 0.411. The van der Waals surface area contributed by atoms with Crippen LogP contribution in [-0.4, -0.2) is 6.10 Å². The lowest BCUT2D eigenvalue weighted by Crippen LogP contribution is -2.14. The van der Waals surface area contributed by atoms with Crippen molar-refractivity contribution in [2.45, 2.75) is 25.4 Å². The second-order valence-electron chi connectivity index (χ2n) is 2.99. The van der Waals surface area contributed by atoms with Gasteiger partial charge in [0.15, 0.2) is 0 Å². The Bertz CT molecular complexity index is 251. The highest BCUT2D eigenvalue weighted by Crippen LogP contribution is 2.18. The topological polar surface area (TPSA) is 9.23 Å². The lowest BCUT2D eigenvalue weighted by molar-refractivity contribution is 0.125. The van der Waals surface area contributed by atoms with Gasteiger partial charge in [0.05, 0.1) is 6.26 Å². The lowest BCUT2D eigenvalue weighted by Gasteiger charge is -2.18. The third kappa shape index (κ3) is 1.89. The van der Waals surface area contributed by atoms with Gasteiger partial charge in [-0.25, -0.2) is 0 Å². The molecule has 0 saturated heterocycles. The van der Waals surface area contributed by atoms with Crippen molar-refractivity contribution >= 4 is 11.3 Å². The molecule has 1 aliphatic rings. The van der Waals surface area contributed by atoms with Crippen molar-refractivity contribution in [1.29, 1.82) is 0 Å². The molecule has 0 N–H and O–H groups in total. The average Bonchev–Trinajstić information content (AvgIpc) is 2.59. The fourth-order valence-corrected chi connectivity index (χ4v) is 2.16. The van der Waals surface area contributed by atoms with Crippen LogP contribution in [0.1, 0.15) is 17.7 Å². The monoisotopic (exact) mass is 180 g/mol. The number of rotatable bonds is 2. The third-order valence-corrected chi connectivity index (χ3v) is 2.93. The van der Waals surface area contributed by atoms with Crippen LogP contribution in [0.3, 0.4) is 0 Å². The Morgan fingerprint density at radius 3 is 3.25 bits per heavy atom. The van der Waals surface area contributed by atoms with Crippen LogP contribution in [0.15, 0.2) is 29.9 Å². The molecule has 2 heteroatoms. The average molecular weight is 180 g/mol. The first-order valence-corrected chi connectivity index (χ1v) is 5.16. The van der Waals surface area contributed by atoms with E-state index in [1.54, 1.807) is 0 Å².